The molecule has 1 rings (SSSR count). The Balaban J connectivity index is 2.41. The third kappa shape index (κ3) is 3.44. The minimum absolute atomic E-state index is 0.362. The lowest BCUT2D eigenvalue weighted by Crippen LogP contribution is -2.30. The highest BCUT2D eigenvalue weighted by atomic mass is 16.5. The van der Waals surface area contributed by atoms with E-state index in [1.807, 2.05) is 12.3 Å². The van der Waals surface area contributed by atoms with Crippen LogP contribution in [0.2, 0.25) is 0 Å². The van der Waals surface area contributed by atoms with Crippen LogP contribution in [-0.2, 0) is 11.3 Å². The lowest BCUT2D eigenvalue weighted by molar-refractivity contribution is 0.171. The lowest BCUT2D eigenvalue weighted by atomic mass is 10.2. The molecule has 0 fully saturated rings. The van der Waals surface area contributed by atoms with E-state index in [1.165, 1.54) is 5.56 Å². The molecular weight excluding hydrogens is 176 g/mol. The standard InChI is InChI=1S/C11H18N2O/c1-9-5-4-6-12-11(9)7-13-10(2)8-14-3/h4-6,10,13H,7-8H2,1-3H3. The first-order valence-corrected chi connectivity index (χ1v) is 4.87. The molecule has 0 spiro atoms. The molecule has 0 saturated carbocycles. The second kappa shape index (κ2) is 5.73. The number of methoxy groups -OCH3 is 1. The fourth-order valence-corrected chi connectivity index (χ4v) is 1.28. The van der Waals surface area contributed by atoms with Crippen LogP contribution in [0.4, 0.5) is 0 Å². The Morgan fingerprint density at radius 3 is 3.00 bits per heavy atom. The average Bonchev–Trinajstić information content (AvgIpc) is 2.17. The van der Waals surface area contributed by atoms with Gasteiger partial charge in [0.1, 0.15) is 0 Å². The molecule has 3 nitrogen and oxygen atoms in total. The maximum absolute atomic E-state index is 5.04. The van der Waals surface area contributed by atoms with E-state index in [1.54, 1.807) is 7.11 Å². The van der Waals surface area contributed by atoms with Gasteiger partial charge in [-0.1, -0.05) is 6.07 Å². The summed E-state index contributed by atoms with van der Waals surface area (Å²) in [5.41, 5.74) is 2.33. The summed E-state index contributed by atoms with van der Waals surface area (Å²) in [5.74, 6) is 0. The van der Waals surface area contributed by atoms with E-state index < -0.39 is 0 Å². The topological polar surface area (TPSA) is 34.1 Å². The zero-order chi connectivity index (χ0) is 10.4. The normalized spacial score (nSPS) is 12.8. The van der Waals surface area contributed by atoms with E-state index in [0.717, 1.165) is 18.8 Å². The van der Waals surface area contributed by atoms with Gasteiger partial charge < -0.3 is 10.1 Å². The molecule has 0 radical (unpaired) electrons. The molecule has 1 aromatic heterocycles. The van der Waals surface area contributed by atoms with Gasteiger partial charge in [0.05, 0.1) is 12.3 Å². The lowest BCUT2D eigenvalue weighted by Gasteiger charge is -2.12. The van der Waals surface area contributed by atoms with Crippen molar-refractivity contribution in [3.8, 4) is 0 Å². The smallest absolute Gasteiger partial charge is 0.0613 e. The molecule has 14 heavy (non-hydrogen) atoms. The van der Waals surface area contributed by atoms with Crippen LogP contribution in [-0.4, -0.2) is 24.7 Å². The first-order valence-electron chi connectivity index (χ1n) is 4.87. The Kier molecular flexibility index (Phi) is 4.56. The summed E-state index contributed by atoms with van der Waals surface area (Å²) in [5, 5.41) is 3.35. The average molecular weight is 194 g/mol. The summed E-state index contributed by atoms with van der Waals surface area (Å²) in [6, 6.07) is 4.39. The maximum Gasteiger partial charge on any atom is 0.0613 e. The molecule has 1 aromatic rings. The summed E-state index contributed by atoms with van der Waals surface area (Å²) in [4.78, 5) is 4.31. The minimum Gasteiger partial charge on any atom is -0.383 e. The number of aryl methyl sites for hydroxylation is 1. The van der Waals surface area contributed by atoms with Gasteiger partial charge >= 0.3 is 0 Å². The molecule has 0 saturated heterocycles. The van der Waals surface area contributed by atoms with Gasteiger partial charge in [0, 0.05) is 25.9 Å². The molecule has 0 aliphatic carbocycles. The predicted molar refractivity (Wildman–Crippen MR) is 57.2 cm³/mol. The number of nitrogens with one attached hydrogen (secondary N) is 1. The van der Waals surface area contributed by atoms with Crippen LogP contribution >= 0.6 is 0 Å². The molecule has 1 heterocycles. The molecule has 0 amide bonds. The van der Waals surface area contributed by atoms with E-state index in [0.29, 0.717) is 6.04 Å². The first kappa shape index (κ1) is 11.1. The van der Waals surface area contributed by atoms with Crippen LogP contribution in [0.1, 0.15) is 18.2 Å². The number of hydrogen-bond acceptors (Lipinski definition) is 3. The molecule has 1 atom stereocenters. The number of nitrogens with zero attached hydrogens (tertiary/aromatic N) is 1. The molecule has 0 aromatic carbocycles. The van der Waals surface area contributed by atoms with Crippen molar-refractivity contribution in [1.29, 1.82) is 0 Å². The highest BCUT2D eigenvalue weighted by molar-refractivity contribution is 5.17. The molecule has 0 aliphatic rings. The van der Waals surface area contributed by atoms with Crippen LogP contribution in [0.3, 0.4) is 0 Å². The summed E-state index contributed by atoms with van der Waals surface area (Å²) >= 11 is 0. The van der Waals surface area contributed by atoms with Gasteiger partial charge in [0.25, 0.3) is 0 Å². The molecule has 1 N–H and O–H groups in total. The second-order valence-corrected chi connectivity index (χ2v) is 3.50. The van der Waals surface area contributed by atoms with Crippen molar-refractivity contribution >= 4 is 0 Å². The molecule has 78 valence electrons. The van der Waals surface area contributed by atoms with Gasteiger partial charge in [-0.3, -0.25) is 4.98 Å². The van der Waals surface area contributed by atoms with Crippen molar-refractivity contribution in [1.82, 2.24) is 10.3 Å². The fourth-order valence-electron chi connectivity index (χ4n) is 1.28. The summed E-state index contributed by atoms with van der Waals surface area (Å²) in [6.45, 7) is 5.70. The van der Waals surface area contributed by atoms with Crippen molar-refractivity contribution in [2.75, 3.05) is 13.7 Å². The number of aromatic nitrogens is 1. The minimum atomic E-state index is 0.362. The predicted octanol–water partition coefficient (Wildman–Crippen LogP) is 1.51. The van der Waals surface area contributed by atoms with Gasteiger partial charge in [-0.15, -0.1) is 0 Å². The zero-order valence-electron chi connectivity index (χ0n) is 9.08. The molecule has 1 unspecified atom stereocenters. The number of rotatable bonds is 5. The van der Waals surface area contributed by atoms with Gasteiger partial charge in [0.15, 0.2) is 0 Å². The molecule has 3 heteroatoms. The van der Waals surface area contributed by atoms with Crippen LogP contribution < -0.4 is 5.32 Å². The van der Waals surface area contributed by atoms with Gasteiger partial charge in [0.2, 0.25) is 0 Å². The maximum atomic E-state index is 5.04. The SMILES string of the molecule is COCC(C)NCc1ncccc1C. The van der Waals surface area contributed by atoms with Crippen LogP contribution in [0, 0.1) is 6.92 Å². The quantitative estimate of drug-likeness (QED) is 0.771. The number of ether oxygens (including phenoxy) is 1. The number of pyridine rings is 1. The Labute approximate surface area is 85.5 Å². The Morgan fingerprint density at radius 2 is 2.36 bits per heavy atom. The third-order valence-corrected chi connectivity index (χ3v) is 2.15. The van der Waals surface area contributed by atoms with Crippen LogP contribution in [0.5, 0.6) is 0 Å². The van der Waals surface area contributed by atoms with E-state index in [-0.39, 0.29) is 0 Å². The number of hydrogen-bond donors (Lipinski definition) is 1. The van der Waals surface area contributed by atoms with Crippen LogP contribution in [0.25, 0.3) is 0 Å². The largest absolute Gasteiger partial charge is 0.383 e. The Hall–Kier alpha value is -0.930. The monoisotopic (exact) mass is 194 g/mol. The van der Waals surface area contributed by atoms with Gasteiger partial charge in [-0.2, -0.15) is 0 Å². The Bertz CT molecular complexity index is 276. The van der Waals surface area contributed by atoms with Crippen molar-refractivity contribution in [3.05, 3.63) is 29.6 Å². The fraction of sp³-hybridized carbons (Fsp3) is 0.545. The molecular formula is C11H18N2O. The van der Waals surface area contributed by atoms with E-state index in [9.17, 15) is 0 Å². The summed E-state index contributed by atoms with van der Waals surface area (Å²) in [7, 11) is 1.71. The summed E-state index contributed by atoms with van der Waals surface area (Å²) in [6.07, 6.45) is 1.82. The second-order valence-electron chi connectivity index (χ2n) is 3.50. The highest BCUT2D eigenvalue weighted by Gasteiger charge is 2.02. The Morgan fingerprint density at radius 1 is 1.57 bits per heavy atom. The first-order chi connectivity index (χ1) is 6.74. The van der Waals surface area contributed by atoms with Gasteiger partial charge in [-0.05, 0) is 25.5 Å². The van der Waals surface area contributed by atoms with E-state index >= 15 is 0 Å². The van der Waals surface area contributed by atoms with Crippen molar-refractivity contribution in [3.63, 3.8) is 0 Å². The van der Waals surface area contributed by atoms with Crippen molar-refractivity contribution in [2.24, 2.45) is 0 Å². The van der Waals surface area contributed by atoms with Crippen molar-refractivity contribution < 1.29 is 4.74 Å². The van der Waals surface area contributed by atoms with Gasteiger partial charge in [-0.25, -0.2) is 0 Å². The zero-order valence-corrected chi connectivity index (χ0v) is 9.08. The van der Waals surface area contributed by atoms with E-state index in [4.69, 9.17) is 4.74 Å². The molecule has 0 bridgehead atoms. The third-order valence-electron chi connectivity index (χ3n) is 2.15. The summed E-state index contributed by atoms with van der Waals surface area (Å²) < 4.78 is 5.04. The van der Waals surface area contributed by atoms with Crippen LogP contribution in [0.15, 0.2) is 18.3 Å². The highest BCUT2D eigenvalue weighted by Crippen LogP contribution is 2.02. The molecule has 0 aliphatic heterocycles. The van der Waals surface area contributed by atoms with Crippen molar-refractivity contribution in [2.45, 2.75) is 26.4 Å². The van der Waals surface area contributed by atoms with E-state index in [2.05, 4.69) is 30.2 Å².